The van der Waals surface area contributed by atoms with Gasteiger partial charge in [-0.25, -0.2) is 0 Å². The highest BCUT2D eigenvalue weighted by Crippen LogP contribution is 2.30. The number of oxazole rings is 1. The predicted molar refractivity (Wildman–Crippen MR) is 78.1 cm³/mol. The summed E-state index contributed by atoms with van der Waals surface area (Å²) in [5.41, 5.74) is 8.09. The summed E-state index contributed by atoms with van der Waals surface area (Å²) in [6, 6.07) is 6.74. The molecular formula is C15H21N3O. The molecule has 2 unspecified atom stereocenters. The standard InChI is InChI=1S/C15H21N3O/c1-2-10-6-3-4-8-12(10)17-15-18-14-11(16)7-5-9-13(14)19-15/h5,7,9-10,12H,2-4,6,8,16H2,1H3,(H,17,18). The number of hydrogen-bond acceptors (Lipinski definition) is 4. The smallest absolute Gasteiger partial charge is 0.295 e. The summed E-state index contributed by atoms with van der Waals surface area (Å²) in [6.07, 6.45) is 6.34. The second kappa shape index (κ2) is 5.11. The van der Waals surface area contributed by atoms with Crippen LogP contribution in [0.3, 0.4) is 0 Å². The number of nitrogen functional groups attached to an aromatic ring is 1. The summed E-state index contributed by atoms with van der Waals surface area (Å²) in [4.78, 5) is 4.47. The lowest BCUT2D eigenvalue weighted by atomic mass is 9.83. The monoisotopic (exact) mass is 259 g/mol. The quantitative estimate of drug-likeness (QED) is 0.823. The molecule has 0 saturated heterocycles. The van der Waals surface area contributed by atoms with Gasteiger partial charge in [0, 0.05) is 6.04 Å². The fourth-order valence-corrected chi connectivity index (χ4v) is 3.08. The molecule has 0 aliphatic heterocycles. The van der Waals surface area contributed by atoms with Gasteiger partial charge in [-0.1, -0.05) is 32.3 Å². The lowest BCUT2D eigenvalue weighted by Crippen LogP contribution is -2.31. The van der Waals surface area contributed by atoms with Gasteiger partial charge in [-0.15, -0.1) is 0 Å². The third kappa shape index (κ3) is 2.39. The fourth-order valence-electron chi connectivity index (χ4n) is 3.08. The van der Waals surface area contributed by atoms with Gasteiger partial charge in [0.2, 0.25) is 0 Å². The summed E-state index contributed by atoms with van der Waals surface area (Å²) in [7, 11) is 0. The zero-order valence-electron chi connectivity index (χ0n) is 11.4. The first-order chi connectivity index (χ1) is 9.28. The minimum Gasteiger partial charge on any atom is -0.423 e. The Kier molecular flexibility index (Phi) is 3.32. The zero-order valence-corrected chi connectivity index (χ0v) is 11.4. The van der Waals surface area contributed by atoms with E-state index < -0.39 is 0 Å². The molecule has 1 aromatic heterocycles. The molecular weight excluding hydrogens is 238 g/mol. The molecule has 102 valence electrons. The van der Waals surface area contributed by atoms with Gasteiger partial charge in [-0.05, 0) is 30.9 Å². The molecule has 4 nitrogen and oxygen atoms in total. The highest BCUT2D eigenvalue weighted by molar-refractivity contribution is 5.86. The number of benzene rings is 1. The van der Waals surface area contributed by atoms with Crippen LogP contribution in [-0.2, 0) is 0 Å². The predicted octanol–water partition coefficient (Wildman–Crippen LogP) is 3.79. The molecule has 1 aromatic carbocycles. The number of nitrogens with one attached hydrogen (secondary N) is 1. The van der Waals surface area contributed by atoms with Gasteiger partial charge in [0.05, 0.1) is 5.69 Å². The molecule has 1 saturated carbocycles. The molecule has 1 fully saturated rings. The van der Waals surface area contributed by atoms with E-state index >= 15 is 0 Å². The number of hydrogen-bond donors (Lipinski definition) is 2. The topological polar surface area (TPSA) is 64.1 Å². The van der Waals surface area contributed by atoms with E-state index in [1.165, 1.54) is 32.1 Å². The third-order valence-electron chi connectivity index (χ3n) is 4.19. The van der Waals surface area contributed by atoms with Crippen LogP contribution in [0.1, 0.15) is 39.0 Å². The third-order valence-corrected chi connectivity index (χ3v) is 4.19. The summed E-state index contributed by atoms with van der Waals surface area (Å²) in [6.45, 7) is 2.26. The van der Waals surface area contributed by atoms with Gasteiger partial charge in [0.15, 0.2) is 5.58 Å². The zero-order chi connectivity index (χ0) is 13.2. The number of nitrogens with two attached hydrogens (primary N) is 1. The van der Waals surface area contributed by atoms with Crippen molar-refractivity contribution in [3.8, 4) is 0 Å². The molecule has 2 atom stereocenters. The first-order valence-corrected chi connectivity index (χ1v) is 7.19. The van der Waals surface area contributed by atoms with Crippen LogP contribution in [-0.4, -0.2) is 11.0 Å². The Morgan fingerprint density at radius 2 is 2.21 bits per heavy atom. The maximum absolute atomic E-state index is 5.91. The van der Waals surface area contributed by atoms with Crippen molar-refractivity contribution in [2.75, 3.05) is 11.1 Å². The van der Waals surface area contributed by atoms with Gasteiger partial charge in [0.25, 0.3) is 6.01 Å². The maximum Gasteiger partial charge on any atom is 0.295 e. The fraction of sp³-hybridized carbons (Fsp3) is 0.533. The summed E-state index contributed by atoms with van der Waals surface area (Å²) < 4.78 is 5.74. The number of para-hydroxylation sites is 1. The van der Waals surface area contributed by atoms with Crippen LogP contribution in [0, 0.1) is 5.92 Å². The first kappa shape index (κ1) is 12.3. The minimum atomic E-state index is 0.480. The number of nitrogens with zero attached hydrogens (tertiary/aromatic N) is 1. The van der Waals surface area contributed by atoms with Crippen LogP contribution < -0.4 is 11.1 Å². The Balaban J connectivity index is 1.82. The van der Waals surface area contributed by atoms with Crippen molar-refractivity contribution in [1.29, 1.82) is 0 Å². The summed E-state index contributed by atoms with van der Waals surface area (Å²) >= 11 is 0. The van der Waals surface area contributed by atoms with E-state index in [1.54, 1.807) is 0 Å². The molecule has 0 amide bonds. The molecule has 0 bridgehead atoms. The highest BCUT2D eigenvalue weighted by Gasteiger charge is 2.24. The largest absolute Gasteiger partial charge is 0.423 e. The lowest BCUT2D eigenvalue weighted by Gasteiger charge is -2.30. The Hall–Kier alpha value is -1.71. The number of fused-ring (bicyclic) bond motifs is 1. The van der Waals surface area contributed by atoms with E-state index in [4.69, 9.17) is 10.2 Å². The van der Waals surface area contributed by atoms with Crippen molar-refractivity contribution in [1.82, 2.24) is 4.98 Å². The number of anilines is 2. The van der Waals surface area contributed by atoms with Crippen LogP contribution in [0.4, 0.5) is 11.7 Å². The van der Waals surface area contributed by atoms with Gasteiger partial charge in [0.1, 0.15) is 5.52 Å². The number of aromatic nitrogens is 1. The SMILES string of the molecule is CCC1CCCCC1Nc1nc2c(N)cccc2o1. The molecule has 1 heterocycles. The molecule has 1 aliphatic rings. The molecule has 19 heavy (non-hydrogen) atoms. The van der Waals surface area contributed by atoms with Crippen molar-refractivity contribution in [3.63, 3.8) is 0 Å². The molecule has 4 heteroatoms. The van der Waals surface area contributed by atoms with Crippen molar-refractivity contribution in [2.24, 2.45) is 5.92 Å². The van der Waals surface area contributed by atoms with Crippen LogP contribution in [0.15, 0.2) is 22.6 Å². The second-order valence-electron chi connectivity index (χ2n) is 5.42. The molecule has 3 rings (SSSR count). The first-order valence-electron chi connectivity index (χ1n) is 7.19. The van der Waals surface area contributed by atoms with Gasteiger partial charge in [-0.3, -0.25) is 0 Å². The molecule has 0 spiro atoms. The summed E-state index contributed by atoms with van der Waals surface area (Å²) in [5, 5.41) is 3.47. The normalized spacial score (nSPS) is 23.6. The molecule has 1 aliphatic carbocycles. The Morgan fingerprint density at radius 1 is 1.37 bits per heavy atom. The van der Waals surface area contributed by atoms with Crippen LogP contribution >= 0.6 is 0 Å². The van der Waals surface area contributed by atoms with E-state index in [0.29, 0.717) is 17.7 Å². The van der Waals surface area contributed by atoms with Crippen molar-refractivity contribution < 1.29 is 4.42 Å². The minimum absolute atomic E-state index is 0.480. The maximum atomic E-state index is 5.91. The van der Waals surface area contributed by atoms with E-state index in [1.807, 2.05) is 18.2 Å². The van der Waals surface area contributed by atoms with Crippen LogP contribution in [0.5, 0.6) is 0 Å². The molecule has 0 radical (unpaired) electrons. The van der Waals surface area contributed by atoms with Crippen LogP contribution in [0.2, 0.25) is 0 Å². The Bertz CT molecular complexity index is 564. The van der Waals surface area contributed by atoms with E-state index in [2.05, 4.69) is 17.2 Å². The van der Waals surface area contributed by atoms with Crippen molar-refractivity contribution >= 4 is 22.8 Å². The lowest BCUT2D eigenvalue weighted by molar-refractivity contribution is 0.313. The molecule has 3 N–H and O–H groups in total. The summed E-state index contributed by atoms with van der Waals surface area (Å²) in [5.74, 6) is 0.723. The van der Waals surface area contributed by atoms with Gasteiger partial charge >= 0.3 is 0 Å². The average molecular weight is 259 g/mol. The molecule has 2 aromatic rings. The number of rotatable bonds is 3. The van der Waals surface area contributed by atoms with Gasteiger partial charge in [-0.2, -0.15) is 4.98 Å². The van der Waals surface area contributed by atoms with E-state index in [-0.39, 0.29) is 0 Å². The average Bonchev–Trinajstić information content (AvgIpc) is 2.83. The van der Waals surface area contributed by atoms with Crippen LogP contribution in [0.25, 0.3) is 11.1 Å². The Morgan fingerprint density at radius 3 is 3.00 bits per heavy atom. The van der Waals surface area contributed by atoms with Crippen molar-refractivity contribution in [3.05, 3.63) is 18.2 Å². The van der Waals surface area contributed by atoms with E-state index in [0.717, 1.165) is 17.0 Å². The second-order valence-corrected chi connectivity index (χ2v) is 5.42. The highest BCUT2D eigenvalue weighted by atomic mass is 16.4. The van der Waals surface area contributed by atoms with E-state index in [9.17, 15) is 0 Å². The van der Waals surface area contributed by atoms with Gasteiger partial charge < -0.3 is 15.5 Å². The van der Waals surface area contributed by atoms with Crippen molar-refractivity contribution in [2.45, 2.75) is 45.1 Å². The Labute approximate surface area is 113 Å².